The Labute approximate surface area is 114 Å². The lowest BCUT2D eigenvalue weighted by atomic mass is 10.1. The zero-order chi connectivity index (χ0) is 13.7. The van der Waals surface area contributed by atoms with Gasteiger partial charge in [0.1, 0.15) is 0 Å². The van der Waals surface area contributed by atoms with Crippen LogP contribution >= 0.6 is 0 Å². The third-order valence-electron chi connectivity index (χ3n) is 3.62. The monoisotopic (exact) mass is 256 g/mol. The van der Waals surface area contributed by atoms with Crippen molar-refractivity contribution in [3.8, 4) is 11.8 Å². The Morgan fingerprint density at radius 1 is 1.42 bits per heavy atom. The maximum absolute atomic E-state index is 12.3. The summed E-state index contributed by atoms with van der Waals surface area (Å²) in [6, 6.07) is 7.46. The molecule has 2 N–H and O–H groups in total. The van der Waals surface area contributed by atoms with Crippen molar-refractivity contribution in [1.82, 2.24) is 4.90 Å². The fourth-order valence-corrected chi connectivity index (χ4v) is 2.38. The van der Waals surface area contributed by atoms with E-state index in [9.17, 15) is 4.79 Å². The van der Waals surface area contributed by atoms with Gasteiger partial charge in [0.25, 0.3) is 5.91 Å². The minimum atomic E-state index is 0.134. The number of benzene rings is 1. The molecule has 3 heteroatoms. The molecule has 1 heterocycles. The highest BCUT2D eigenvalue weighted by atomic mass is 16.2. The zero-order valence-corrected chi connectivity index (χ0v) is 11.4. The van der Waals surface area contributed by atoms with Gasteiger partial charge in [-0.3, -0.25) is 4.79 Å². The van der Waals surface area contributed by atoms with E-state index in [1.165, 1.54) is 0 Å². The minimum absolute atomic E-state index is 0.134. The first kappa shape index (κ1) is 13.6. The summed E-state index contributed by atoms with van der Waals surface area (Å²) in [6.45, 7) is 4.31. The number of carbonyl (C=O) groups excluding carboxylic acids is 1. The van der Waals surface area contributed by atoms with E-state index in [2.05, 4.69) is 18.8 Å². The van der Waals surface area contributed by atoms with Crippen LogP contribution in [0.5, 0.6) is 0 Å². The zero-order valence-electron chi connectivity index (χ0n) is 11.4. The Balaban J connectivity index is 2.04. The average Bonchev–Trinajstić information content (AvgIpc) is 2.94. The van der Waals surface area contributed by atoms with Gasteiger partial charge in [-0.2, -0.15) is 0 Å². The van der Waals surface area contributed by atoms with E-state index in [1.807, 2.05) is 29.2 Å². The maximum Gasteiger partial charge on any atom is 0.253 e. The van der Waals surface area contributed by atoms with E-state index in [4.69, 9.17) is 5.73 Å². The van der Waals surface area contributed by atoms with Crippen LogP contribution in [0.4, 0.5) is 0 Å². The molecule has 100 valence electrons. The minimum Gasteiger partial charge on any atom is -0.338 e. The third-order valence-corrected chi connectivity index (χ3v) is 3.62. The SMILES string of the molecule is CCC1CCN(C(=O)c2ccc(C#CCN)cc2)C1. The van der Waals surface area contributed by atoms with Crippen molar-refractivity contribution >= 4 is 5.91 Å². The molecule has 1 aliphatic rings. The highest BCUT2D eigenvalue weighted by Crippen LogP contribution is 2.21. The van der Waals surface area contributed by atoms with Crippen LogP contribution in [0.15, 0.2) is 24.3 Å². The van der Waals surface area contributed by atoms with Crippen molar-refractivity contribution in [2.24, 2.45) is 11.7 Å². The van der Waals surface area contributed by atoms with Crippen LogP contribution in [0, 0.1) is 17.8 Å². The molecular weight excluding hydrogens is 236 g/mol. The Bertz CT molecular complexity index is 496. The number of amides is 1. The summed E-state index contributed by atoms with van der Waals surface area (Å²) in [4.78, 5) is 14.3. The normalized spacial score (nSPS) is 18.0. The van der Waals surface area contributed by atoms with Gasteiger partial charge in [-0.1, -0.05) is 25.2 Å². The molecule has 3 nitrogen and oxygen atoms in total. The van der Waals surface area contributed by atoms with Gasteiger partial charge in [-0.25, -0.2) is 0 Å². The molecule has 0 bridgehead atoms. The largest absolute Gasteiger partial charge is 0.338 e. The van der Waals surface area contributed by atoms with Crippen LogP contribution in [-0.4, -0.2) is 30.4 Å². The maximum atomic E-state index is 12.3. The first-order valence-electron chi connectivity index (χ1n) is 6.83. The second-order valence-corrected chi connectivity index (χ2v) is 4.90. The molecule has 1 unspecified atom stereocenters. The first-order chi connectivity index (χ1) is 9.24. The Morgan fingerprint density at radius 3 is 2.74 bits per heavy atom. The lowest BCUT2D eigenvalue weighted by Gasteiger charge is -2.16. The van der Waals surface area contributed by atoms with Crippen LogP contribution in [0.2, 0.25) is 0 Å². The van der Waals surface area contributed by atoms with Gasteiger partial charge < -0.3 is 10.6 Å². The molecule has 0 saturated carbocycles. The molecule has 0 radical (unpaired) electrons. The summed E-state index contributed by atoms with van der Waals surface area (Å²) in [5, 5.41) is 0. The molecule has 1 amide bonds. The molecule has 1 aromatic rings. The number of hydrogen-bond donors (Lipinski definition) is 1. The molecule has 0 aliphatic carbocycles. The van der Waals surface area contributed by atoms with Crippen LogP contribution in [0.25, 0.3) is 0 Å². The van der Waals surface area contributed by atoms with Gasteiger partial charge >= 0.3 is 0 Å². The molecular formula is C16H20N2O. The lowest BCUT2D eigenvalue weighted by Crippen LogP contribution is -2.28. The average molecular weight is 256 g/mol. The molecule has 0 aromatic heterocycles. The molecule has 1 aliphatic heterocycles. The Kier molecular flexibility index (Phi) is 4.59. The van der Waals surface area contributed by atoms with E-state index >= 15 is 0 Å². The van der Waals surface area contributed by atoms with Crippen LogP contribution in [-0.2, 0) is 0 Å². The molecule has 1 aromatic carbocycles. The van der Waals surface area contributed by atoms with E-state index in [1.54, 1.807) is 0 Å². The number of likely N-dealkylation sites (tertiary alicyclic amines) is 1. The van der Waals surface area contributed by atoms with E-state index in [-0.39, 0.29) is 5.91 Å². The van der Waals surface area contributed by atoms with Crippen molar-refractivity contribution in [2.45, 2.75) is 19.8 Å². The molecule has 0 spiro atoms. The van der Waals surface area contributed by atoms with Crippen molar-refractivity contribution in [3.05, 3.63) is 35.4 Å². The van der Waals surface area contributed by atoms with Crippen molar-refractivity contribution in [3.63, 3.8) is 0 Å². The number of nitrogens with two attached hydrogens (primary N) is 1. The van der Waals surface area contributed by atoms with Gasteiger partial charge in [0.05, 0.1) is 6.54 Å². The Morgan fingerprint density at radius 2 is 2.16 bits per heavy atom. The highest BCUT2D eigenvalue weighted by molar-refractivity contribution is 5.94. The van der Waals surface area contributed by atoms with Crippen molar-refractivity contribution < 1.29 is 4.79 Å². The van der Waals surface area contributed by atoms with Gasteiger partial charge in [0.15, 0.2) is 0 Å². The van der Waals surface area contributed by atoms with Crippen LogP contribution in [0.1, 0.15) is 35.7 Å². The summed E-state index contributed by atoms with van der Waals surface area (Å²) < 4.78 is 0. The number of hydrogen-bond acceptors (Lipinski definition) is 2. The molecule has 2 rings (SSSR count). The van der Waals surface area contributed by atoms with Gasteiger partial charge in [-0.05, 0) is 36.6 Å². The van der Waals surface area contributed by atoms with Crippen molar-refractivity contribution in [2.75, 3.05) is 19.6 Å². The topological polar surface area (TPSA) is 46.3 Å². The van der Waals surface area contributed by atoms with Gasteiger partial charge in [-0.15, -0.1) is 0 Å². The quantitative estimate of drug-likeness (QED) is 0.821. The van der Waals surface area contributed by atoms with Crippen molar-refractivity contribution in [1.29, 1.82) is 0 Å². The van der Waals surface area contributed by atoms with Gasteiger partial charge in [0.2, 0.25) is 0 Å². The summed E-state index contributed by atoms with van der Waals surface area (Å²) >= 11 is 0. The summed E-state index contributed by atoms with van der Waals surface area (Å²) in [7, 11) is 0. The highest BCUT2D eigenvalue weighted by Gasteiger charge is 2.25. The molecule has 1 fully saturated rings. The fourth-order valence-electron chi connectivity index (χ4n) is 2.38. The molecule has 1 atom stereocenters. The predicted molar refractivity (Wildman–Crippen MR) is 76.7 cm³/mol. The standard InChI is InChI=1S/C16H20N2O/c1-2-13-9-11-18(12-13)16(19)15-7-5-14(6-8-15)4-3-10-17/h5-8,13H,2,9-12,17H2,1H3. The van der Waals surface area contributed by atoms with E-state index < -0.39 is 0 Å². The molecule has 1 saturated heterocycles. The van der Waals surface area contributed by atoms with Crippen LogP contribution in [0.3, 0.4) is 0 Å². The van der Waals surface area contributed by atoms with Gasteiger partial charge in [0, 0.05) is 24.2 Å². The smallest absolute Gasteiger partial charge is 0.253 e. The summed E-state index contributed by atoms with van der Waals surface area (Å²) in [6.07, 6.45) is 2.28. The predicted octanol–water partition coefficient (Wildman–Crippen LogP) is 1.87. The fraction of sp³-hybridized carbons (Fsp3) is 0.438. The van der Waals surface area contributed by atoms with Crippen LogP contribution < -0.4 is 5.73 Å². The first-order valence-corrected chi connectivity index (χ1v) is 6.83. The molecule has 19 heavy (non-hydrogen) atoms. The summed E-state index contributed by atoms with van der Waals surface area (Å²) in [5.41, 5.74) is 6.97. The third kappa shape index (κ3) is 3.36. The Hall–Kier alpha value is -1.79. The summed E-state index contributed by atoms with van der Waals surface area (Å²) in [5.74, 6) is 6.56. The second-order valence-electron chi connectivity index (χ2n) is 4.90. The number of nitrogens with zero attached hydrogens (tertiary/aromatic N) is 1. The second kappa shape index (κ2) is 6.40. The number of carbonyl (C=O) groups is 1. The lowest BCUT2D eigenvalue weighted by molar-refractivity contribution is 0.0787. The van der Waals surface area contributed by atoms with E-state index in [0.717, 1.165) is 37.1 Å². The van der Waals surface area contributed by atoms with E-state index in [0.29, 0.717) is 12.5 Å². The number of rotatable bonds is 2.